The Kier molecular flexibility index (Phi) is 13.8. The molecule has 0 radical (unpaired) electrons. The van der Waals surface area contributed by atoms with Crippen molar-refractivity contribution < 1.29 is 27.6 Å². The number of methoxy groups -OCH3 is 1. The van der Waals surface area contributed by atoms with Gasteiger partial charge < -0.3 is 15.2 Å². The standard InChI is InChI=1S/C37H42F3N4O2.2C2H6/c1-9-12-41-22(5)28(18-42-21(4)23-13-24-19-44(25-10-11-25)36(24)33(14-23)46-8)32-16-29(37(6,7)45)34(40)35(43-32)27-15-26(20(2)3)30(38)17-31(27)39;2*1-2/h9,12-17,19-20,25,28,42,45H,4,10-11,18H2,1-3,5-8H3;2*1-2H3/q+1;;/b12-9-,41-22?;;. The van der Waals surface area contributed by atoms with Gasteiger partial charge in [0.05, 0.1) is 24.3 Å². The summed E-state index contributed by atoms with van der Waals surface area (Å²) in [6.07, 6.45) is 7.91. The predicted octanol–water partition coefficient (Wildman–Crippen LogP) is 10.2. The van der Waals surface area contributed by atoms with Crippen LogP contribution in [0.25, 0.3) is 17.0 Å². The molecule has 0 saturated heterocycles. The van der Waals surface area contributed by atoms with Gasteiger partial charge in [-0.1, -0.05) is 54.2 Å². The average molecular weight is 692 g/mol. The number of nitrogens with zero attached hydrogens (tertiary/aromatic N) is 3. The second-order valence-electron chi connectivity index (χ2n) is 12.9. The second kappa shape index (κ2) is 17.1. The van der Waals surface area contributed by atoms with Crippen LogP contribution in [0.15, 0.2) is 54.2 Å². The van der Waals surface area contributed by atoms with Crippen molar-refractivity contribution >= 4 is 23.3 Å². The molecule has 2 aromatic carbocycles. The summed E-state index contributed by atoms with van der Waals surface area (Å²) >= 11 is 0. The Hall–Kier alpha value is -4.24. The first kappa shape index (κ1) is 40.2. The first-order valence-corrected chi connectivity index (χ1v) is 17.6. The lowest BCUT2D eigenvalue weighted by molar-refractivity contribution is -0.462. The molecule has 50 heavy (non-hydrogen) atoms. The Morgan fingerprint density at radius 3 is 2.32 bits per heavy atom. The fraction of sp³-hybridized carbons (Fsp3) is 0.439. The molecule has 0 bridgehead atoms. The maximum Gasteiger partial charge on any atom is 0.261 e. The highest BCUT2D eigenvalue weighted by Crippen LogP contribution is 2.43. The number of ether oxygens (including phenoxy) is 1. The topological polar surface area (TPSA) is 69.8 Å². The van der Waals surface area contributed by atoms with Crippen molar-refractivity contribution in [2.75, 3.05) is 13.7 Å². The number of nitrogens with one attached hydrogen (secondary N) is 1. The molecule has 1 aliphatic carbocycles. The van der Waals surface area contributed by atoms with E-state index < -0.39 is 29.0 Å². The van der Waals surface area contributed by atoms with Crippen LogP contribution in [0.4, 0.5) is 18.9 Å². The van der Waals surface area contributed by atoms with E-state index in [0.717, 1.165) is 28.6 Å². The fourth-order valence-corrected chi connectivity index (χ4v) is 5.74. The molecule has 1 atom stereocenters. The minimum absolute atomic E-state index is 0.0622. The average Bonchev–Trinajstić information content (AvgIpc) is 3.91. The van der Waals surface area contributed by atoms with Crippen LogP contribution < -0.4 is 10.1 Å². The molecule has 1 aromatic heterocycles. The molecule has 0 amide bonds. The van der Waals surface area contributed by atoms with Gasteiger partial charge in [-0.15, -0.1) is 0 Å². The Morgan fingerprint density at radius 2 is 1.76 bits per heavy atom. The van der Waals surface area contributed by atoms with Gasteiger partial charge in [0, 0.05) is 59.8 Å². The third-order valence-corrected chi connectivity index (χ3v) is 8.56. The van der Waals surface area contributed by atoms with Crippen molar-refractivity contribution in [2.45, 2.75) is 106 Å². The van der Waals surface area contributed by atoms with Gasteiger partial charge >= 0.3 is 0 Å². The van der Waals surface area contributed by atoms with Crippen molar-refractivity contribution in [1.29, 1.82) is 0 Å². The molecule has 2 aliphatic rings. The summed E-state index contributed by atoms with van der Waals surface area (Å²) in [5, 5.41) is 14.4. The summed E-state index contributed by atoms with van der Waals surface area (Å²) < 4.78 is 54.0. The lowest BCUT2D eigenvalue weighted by Gasteiger charge is -2.25. The van der Waals surface area contributed by atoms with Crippen LogP contribution in [-0.2, 0) is 5.60 Å². The molecule has 1 fully saturated rings. The first-order valence-electron chi connectivity index (χ1n) is 17.6. The number of fused-ring (bicyclic) bond motifs is 1. The molecule has 1 unspecified atom stereocenters. The van der Waals surface area contributed by atoms with Crippen molar-refractivity contribution in [3.63, 3.8) is 0 Å². The summed E-state index contributed by atoms with van der Waals surface area (Å²) in [7, 11) is 1.65. The summed E-state index contributed by atoms with van der Waals surface area (Å²) in [5.41, 5.74) is 2.72. The van der Waals surface area contributed by atoms with E-state index in [1.54, 1.807) is 33.2 Å². The number of aliphatic hydroxyl groups is 1. The summed E-state index contributed by atoms with van der Waals surface area (Å²) in [5.74, 6) is -2.57. The molecule has 2 heterocycles. The molecule has 5 rings (SSSR count). The van der Waals surface area contributed by atoms with Gasteiger partial charge in [-0.05, 0) is 63.4 Å². The van der Waals surface area contributed by atoms with Gasteiger partial charge in [0.25, 0.3) is 5.69 Å². The van der Waals surface area contributed by atoms with Gasteiger partial charge in [0.1, 0.15) is 22.9 Å². The van der Waals surface area contributed by atoms with Gasteiger partial charge in [0.15, 0.2) is 23.8 Å². The lowest BCUT2D eigenvalue weighted by Crippen LogP contribution is -2.28. The number of hydrogen-bond acceptors (Lipinski definition) is 5. The van der Waals surface area contributed by atoms with Crippen LogP contribution >= 0.6 is 0 Å². The van der Waals surface area contributed by atoms with Crippen LogP contribution in [0.5, 0.6) is 5.75 Å². The zero-order valence-electron chi connectivity index (χ0n) is 31.5. The monoisotopic (exact) mass is 691 g/mol. The van der Waals surface area contributed by atoms with E-state index in [1.807, 2.05) is 47.6 Å². The zero-order chi connectivity index (χ0) is 37.5. The van der Waals surface area contributed by atoms with Gasteiger partial charge in [-0.3, -0.25) is 4.99 Å². The SMILES string of the molecule is C=C(NCC(C(C)=N/C=C\C)c1cc(C(C)(C)O)c(F)c(-c2cc(C(C)C)c(F)cc2F)n1)c1cc2c(c(OC)c1)[N+](C1CC1)=C2.CC.CC. The molecule has 1 saturated carbocycles. The van der Waals surface area contributed by atoms with Crippen molar-refractivity contribution in [2.24, 2.45) is 4.99 Å². The van der Waals surface area contributed by atoms with Crippen molar-refractivity contribution in [1.82, 2.24) is 10.3 Å². The maximum absolute atomic E-state index is 16.1. The van der Waals surface area contributed by atoms with E-state index >= 15 is 8.78 Å². The molecule has 6 nitrogen and oxygen atoms in total. The Balaban J connectivity index is 0.00000163. The van der Waals surface area contributed by atoms with E-state index in [0.29, 0.717) is 23.1 Å². The highest BCUT2D eigenvalue weighted by molar-refractivity contribution is 5.93. The minimum Gasteiger partial charge on any atom is -0.490 e. The smallest absolute Gasteiger partial charge is 0.261 e. The van der Waals surface area contributed by atoms with E-state index in [9.17, 15) is 9.50 Å². The largest absolute Gasteiger partial charge is 0.490 e. The quantitative estimate of drug-likeness (QED) is 0.147. The number of hydrogen-bond donors (Lipinski definition) is 2. The first-order chi connectivity index (χ1) is 23.7. The number of allylic oxidation sites excluding steroid dienone is 1. The predicted molar refractivity (Wildman–Crippen MR) is 200 cm³/mol. The molecule has 3 aromatic rings. The third kappa shape index (κ3) is 8.73. The van der Waals surface area contributed by atoms with Crippen LogP contribution in [0.3, 0.4) is 0 Å². The fourth-order valence-electron chi connectivity index (χ4n) is 5.74. The highest BCUT2D eigenvalue weighted by Gasteiger charge is 2.43. The van der Waals surface area contributed by atoms with Gasteiger partial charge in [-0.25, -0.2) is 18.2 Å². The maximum atomic E-state index is 16.1. The van der Waals surface area contributed by atoms with Crippen LogP contribution in [-0.4, -0.2) is 46.3 Å². The zero-order valence-corrected chi connectivity index (χ0v) is 31.5. The number of pyridine rings is 1. The summed E-state index contributed by atoms with van der Waals surface area (Å²) in [4.78, 5) is 9.19. The van der Waals surface area contributed by atoms with E-state index in [-0.39, 0.29) is 34.8 Å². The molecular formula is C41H54F3N4O2+. The van der Waals surface area contributed by atoms with Gasteiger partial charge in [-0.2, -0.15) is 4.58 Å². The number of rotatable bonds is 12. The number of halogens is 3. The van der Waals surface area contributed by atoms with E-state index in [1.165, 1.54) is 38.8 Å². The normalized spacial score (nSPS) is 14.5. The Labute approximate surface area is 296 Å². The van der Waals surface area contributed by atoms with Crippen molar-refractivity contribution in [3.05, 3.63) is 94.6 Å². The molecule has 270 valence electrons. The number of benzene rings is 2. The van der Waals surface area contributed by atoms with Crippen LogP contribution in [0.1, 0.15) is 122 Å². The second-order valence-corrected chi connectivity index (χ2v) is 12.9. The summed E-state index contributed by atoms with van der Waals surface area (Å²) in [6, 6.07) is 8.10. The van der Waals surface area contributed by atoms with Crippen LogP contribution in [0.2, 0.25) is 0 Å². The molecular weight excluding hydrogens is 637 g/mol. The molecule has 9 heteroatoms. The number of aliphatic imine (C=N–C) groups is 1. The van der Waals surface area contributed by atoms with Crippen molar-refractivity contribution in [3.8, 4) is 17.0 Å². The highest BCUT2D eigenvalue weighted by atomic mass is 19.1. The van der Waals surface area contributed by atoms with E-state index in [2.05, 4.69) is 38.7 Å². The molecule has 1 aliphatic heterocycles. The molecule has 2 N–H and O–H groups in total. The van der Waals surface area contributed by atoms with E-state index in [4.69, 9.17) is 4.74 Å². The number of aromatic nitrogens is 1. The third-order valence-electron chi connectivity index (χ3n) is 8.56. The van der Waals surface area contributed by atoms with Gasteiger partial charge in [0.2, 0.25) is 0 Å². The Bertz CT molecular complexity index is 1780. The Morgan fingerprint density at radius 1 is 1.10 bits per heavy atom. The minimum atomic E-state index is -1.63. The summed E-state index contributed by atoms with van der Waals surface area (Å²) in [6.45, 7) is 22.7. The lowest BCUT2D eigenvalue weighted by atomic mass is 9.90. The van der Waals surface area contributed by atoms with Crippen LogP contribution in [0, 0.1) is 17.5 Å². The molecule has 0 spiro atoms.